The summed E-state index contributed by atoms with van der Waals surface area (Å²) in [5.41, 5.74) is 3.55. The highest BCUT2D eigenvalue weighted by molar-refractivity contribution is 5.72. The van der Waals surface area contributed by atoms with E-state index in [1.165, 1.54) is 11.1 Å². The molecule has 1 aromatic rings. The Balaban J connectivity index is 2.96. The third-order valence-corrected chi connectivity index (χ3v) is 1.76. The van der Waals surface area contributed by atoms with E-state index in [1.54, 1.807) is 0 Å². The van der Waals surface area contributed by atoms with Crippen molar-refractivity contribution in [3.8, 4) is 0 Å². The Kier molecular flexibility index (Phi) is 2.87. The van der Waals surface area contributed by atoms with Gasteiger partial charge in [0.25, 0.3) is 0 Å². The first-order chi connectivity index (χ1) is 5.74. The average Bonchev–Trinajstić information content (AvgIpc) is 2.05. The Morgan fingerprint density at radius 2 is 2.17 bits per heavy atom. The highest BCUT2D eigenvalue weighted by Crippen LogP contribution is 2.14. The van der Waals surface area contributed by atoms with E-state index < -0.39 is 0 Å². The van der Waals surface area contributed by atoms with Gasteiger partial charge in [-0.3, -0.25) is 0 Å². The molecule has 1 rings (SSSR count). The van der Waals surface area contributed by atoms with Crippen LogP contribution in [0.4, 0.5) is 0 Å². The minimum Gasteiger partial charge on any atom is -0.0912 e. The van der Waals surface area contributed by atoms with Crippen molar-refractivity contribution in [2.24, 2.45) is 0 Å². The first-order valence-electron chi connectivity index (χ1n) is 4.12. The fourth-order valence-corrected chi connectivity index (χ4v) is 1.14. The van der Waals surface area contributed by atoms with E-state index in [2.05, 4.69) is 37.8 Å². The second-order valence-electron chi connectivity index (χ2n) is 2.89. The van der Waals surface area contributed by atoms with Crippen molar-refractivity contribution in [3.05, 3.63) is 54.1 Å². The number of aryl methyl sites for hydroxylation is 1. The van der Waals surface area contributed by atoms with Crippen LogP contribution in [0.3, 0.4) is 0 Å². The molecule has 1 aromatic carbocycles. The lowest BCUT2D eigenvalue weighted by Gasteiger charge is -2.00. The molecule has 12 heavy (non-hydrogen) atoms. The van der Waals surface area contributed by atoms with Crippen molar-refractivity contribution >= 4 is 5.57 Å². The maximum atomic E-state index is 3.97. The van der Waals surface area contributed by atoms with Crippen LogP contribution >= 0.6 is 0 Å². The Morgan fingerprint density at radius 1 is 1.42 bits per heavy atom. The van der Waals surface area contributed by atoms with Crippen LogP contribution in [0.1, 0.15) is 18.1 Å². The van der Waals surface area contributed by atoms with E-state index in [0.717, 1.165) is 5.57 Å². The van der Waals surface area contributed by atoms with Crippen LogP contribution in [0.15, 0.2) is 43.0 Å². The third kappa shape index (κ3) is 2.09. The summed E-state index contributed by atoms with van der Waals surface area (Å²) in [7, 11) is 0. The van der Waals surface area contributed by atoms with E-state index in [1.807, 2.05) is 19.1 Å². The molecule has 0 aromatic heterocycles. The highest BCUT2D eigenvalue weighted by Gasteiger charge is 1.93. The van der Waals surface area contributed by atoms with Gasteiger partial charge in [-0.05, 0) is 25.0 Å². The van der Waals surface area contributed by atoms with Gasteiger partial charge in [0.1, 0.15) is 0 Å². The number of rotatable bonds is 2. The summed E-state index contributed by atoms with van der Waals surface area (Å²) < 4.78 is 0. The SMILES string of the molecule is C=C(/C=C\C)c1cccc(C)c1. The predicted molar refractivity (Wildman–Crippen MR) is 55.0 cm³/mol. The minimum absolute atomic E-state index is 1.07. The molecule has 0 N–H and O–H groups in total. The molecule has 0 nitrogen and oxygen atoms in total. The molecule has 0 aliphatic heterocycles. The zero-order valence-electron chi connectivity index (χ0n) is 7.67. The summed E-state index contributed by atoms with van der Waals surface area (Å²) in [5, 5.41) is 0. The third-order valence-electron chi connectivity index (χ3n) is 1.76. The number of hydrogen-bond donors (Lipinski definition) is 0. The molecule has 0 aliphatic rings. The molecule has 62 valence electrons. The van der Waals surface area contributed by atoms with Crippen molar-refractivity contribution in [3.63, 3.8) is 0 Å². The standard InChI is InChI=1S/C12H14/c1-4-6-11(3)12-8-5-7-10(2)9-12/h4-9H,3H2,1-2H3/b6-4-. The van der Waals surface area contributed by atoms with Gasteiger partial charge in [-0.25, -0.2) is 0 Å². The van der Waals surface area contributed by atoms with E-state index in [9.17, 15) is 0 Å². The lowest BCUT2D eigenvalue weighted by molar-refractivity contribution is 1.45. The minimum atomic E-state index is 1.07. The van der Waals surface area contributed by atoms with E-state index in [0.29, 0.717) is 0 Å². The van der Waals surface area contributed by atoms with Crippen LogP contribution in [0.25, 0.3) is 5.57 Å². The van der Waals surface area contributed by atoms with Crippen LogP contribution in [-0.4, -0.2) is 0 Å². The molecule has 0 heteroatoms. The molecule has 0 heterocycles. The second-order valence-corrected chi connectivity index (χ2v) is 2.89. The average molecular weight is 158 g/mol. The van der Waals surface area contributed by atoms with Gasteiger partial charge in [0.2, 0.25) is 0 Å². The van der Waals surface area contributed by atoms with Gasteiger partial charge in [-0.1, -0.05) is 48.6 Å². The first kappa shape index (κ1) is 8.79. The summed E-state index contributed by atoms with van der Waals surface area (Å²) >= 11 is 0. The van der Waals surface area contributed by atoms with E-state index in [-0.39, 0.29) is 0 Å². The molecular weight excluding hydrogens is 144 g/mol. The van der Waals surface area contributed by atoms with Crippen molar-refractivity contribution < 1.29 is 0 Å². The summed E-state index contributed by atoms with van der Waals surface area (Å²) in [6.45, 7) is 8.06. The molecule has 0 saturated carbocycles. The fourth-order valence-electron chi connectivity index (χ4n) is 1.14. The molecular formula is C12H14. The van der Waals surface area contributed by atoms with Gasteiger partial charge in [-0.2, -0.15) is 0 Å². The Hall–Kier alpha value is -1.30. The van der Waals surface area contributed by atoms with Gasteiger partial charge in [0.15, 0.2) is 0 Å². The summed E-state index contributed by atoms with van der Waals surface area (Å²) in [4.78, 5) is 0. The van der Waals surface area contributed by atoms with Crippen LogP contribution < -0.4 is 0 Å². The molecule has 0 aliphatic carbocycles. The lowest BCUT2D eigenvalue weighted by Crippen LogP contribution is -1.79. The maximum absolute atomic E-state index is 3.97. The quantitative estimate of drug-likeness (QED) is 0.577. The predicted octanol–water partition coefficient (Wildman–Crippen LogP) is 3.58. The number of hydrogen-bond acceptors (Lipinski definition) is 0. The van der Waals surface area contributed by atoms with Crippen molar-refractivity contribution in [2.45, 2.75) is 13.8 Å². The molecule has 0 bridgehead atoms. The largest absolute Gasteiger partial charge is 0.0912 e. The van der Waals surface area contributed by atoms with Gasteiger partial charge >= 0.3 is 0 Å². The second kappa shape index (κ2) is 3.91. The monoisotopic (exact) mass is 158 g/mol. The highest BCUT2D eigenvalue weighted by atomic mass is 14.0. The van der Waals surface area contributed by atoms with Crippen LogP contribution in [0, 0.1) is 6.92 Å². The molecule has 0 fully saturated rings. The summed E-state index contributed by atoms with van der Waals surface area (Å²) in [5.74, 6) is 0. The van der Waals surface area contributed by atoms with Crippen molar-refractivity contribution in [1.29, 1.82) is 0 Å². The van der Waals surface area contributed by atoms with Gasteiger partial charge in [0, 0.05) is 0 Å². The normalized spacial score (nSPS) is 10.5. The topological polar surface area (TPSA) is 0 Å². The van der Waals surface area contributed by atoms with E-state index in [4.69, 9.17) is 0 Å². The summed E-state index contributed by atoms with van der Waals surface area (Å²) in [6, 6.07) is 8.36. The van der Waals surface area contributed by atoms with E-state index >= 15 is 0 Å². The van der Waals surface area contributed by atoms with Crippen LogP contribution in [0.5, 0.6) is 0 Å². The fraction of sp³-hybridized carbons (Fsp3) is 0.167. The van der Waals surface area contributed by atoms with Crippen LogP contribution in [0.2, 0.25) is 0 Å². The molecule has 0 atom stereocenters. The summed E-state index contributed by atoms with van der Waals surface area (Å²) in [6.07, 6.45) is 4.03. The van der Waals surface area contributed by atoms with Crippen molar-refractivity contribution in [2.75, 3.05) is 0 Å². The molecule has 0 radical (unpaired) electrons. The maximum Gasteiger partial charge on any atom is -0.0187 e. The zero-order valence-corrected chi connectivity index (χ0v) is 7.67. The smallest absolute Gasteiger partial charge is 0.0187 e. The van der Waals surface area contributed by atoms with Crippen molar-refractivity contribution in [1.82, 2.24) is 0 Å². The molecule has 0 unspecified atom stereocenters. The molecule has 0 saturated heterocycles. The molecule has 0 spiro atoms. The van der Waals surface area contributed by atoms with Crippen LogP contribution in [-0.2, 0) is 0 Å². The Labute approximate surface area is 74.2 Å². The molecule has 0 amide bonds. The lowest BCUT2D eigenvalue weighted by atomic mass is 10.1. The van der Waals surface area contributed by atoms with Gasteiger partial charge in [-0.15, -0.1) is 0 Å². The Morgan fingerprint density at radius 3 is 2.75 bits per heavy atom. The first-order valence-corrected chi connectivity index (χ1v) is 4.12. The number of allylic oxidation sites excluding steroid dienone is 3. The van der Waals surface area contributed by atoms with Gasteiger partial charge < -0.3 is 0 Å². The zero-order chi connectivity index (χ0) is 8.97. The Bertz CT molecular complexity index is 306. The number of benzene rings is 1. The van der Waals surface area contributed by atoms with Gasteiger partial charge in [0.05, 0.1) is 0 Å².